The van der Waals surface area contributed by atoms with E-state index in [1.54, 1.807) is 0 Å². The molecule has 0 saturated carbocycles. The van der Waals surface area contributed by atoms with Crippen LogP contribution in [-0.4, -0.2) is 80.9 Å². The van der Waals surface area contributed by atoms with Crippen molar-refractivity contribution in [3.8, 4) is 0 Å². The maximum Gasteiger partial charge on any atom is 0.357 e. The third kappa shape index (κ3) is 7.48. The van der Waals surface area contributed by atoms with Gasteiger partial charge in [0.25, 0.3) is 17.7 Å². The molecule has 0 spiro atoms. The van der Waals surface area contributed by atoms with Gasteiger partial charge < -0.3 is 31.3 Å². The van der Waals surface area contributed by atoms with Gasteiger partial charge in [0.2, 0.25) is 17.5 Å². The molecule has 18 nitrogen and oxygen atoms in total. The highest BCUT2D eigenvalue weighted by atomic mass is 19.2. The number of nitrogens with zero attached hydrogens (tertiary/aromatic N) is 6. The van der Waals surface area contributed by atoms with Gasteiger partial charge in [0, 0.05) is 0 Å². The van der Waals surface area contributed by atoms with Gasteiger partial charge in [0.1, 0.15) is 50.2 Å². The average molecular weight is 993 g/mol. The van der Waals surface area contributed by atoms with E-state index < -0.39 is 207 Å². The summed E-state index contributed by atoms with van der Waals surface area (Å²) >= 11 is 0. The second kappa shape index (κ2) is 16.8. The molecule has 0 saturated heterocycles. The Labute approximate surface area is 363 Å². The van der Waals surface area contributed by atoms with Crippen LogP contribution in [0.1, 0.15) is 62.9 Å². The maximum absolute atomic E-state index is 14.6. The zero-order chi connectivity index (χ0) is 51.1. The van der Waals surface area contributed by atoms with Crippen LogP contribution in [-0.2, 0) is 0 Å². The molecule has 3 heterocycles. The molecule has 3 amide bonds. The van der Waals surface area contributed by atoms with Crippen LogP contribution < -0.4 is 16.0 Å². The zero-order valence-electron chi connectivity index (χ0n) is 31.6. The van der Waals surface area contributed by atoms with Gasteiger partial charge in [-0.1, -0.05) is 0 Å². The van der Waals surface area contributed by atoms with E-state index in [0.29, 0.717) is 0 Å². The second-order valence-electron chi connectivity index (χ2n) is 13.0. The molecule has 0 fully saturated rings. The van der Waals surface area contributed by atoms with E-state index in [2.05, 4.69) is 29.9 Å². The van der Waals surface area contributed by atoms with Gasteiger partial charge in [-0.25, -0.2) is 110 Å². The second-order valence-corrected chi connectivity index (χ2v) is 13.0. The molecular formula is C36H6F15N9O9. The highest BCUT2D eigenvalue weighted by Crippen LogP contribution is 2.35. The molecule has 0 unspecified atom stereocenters. The summed E-state index contributed by atoms with van der Waals surface area (Å²) in [5.74, 6) is -54.7. The van der Waals surface area contributed by atoms with Crippen molar-refractivity contribution in [1.29, 1.82) is 0 Å². The smallest absolute Gasteiger partial charge is 0.357 e. The van der Waals surface area contributed by atoms with Crippen molar-refractivity contribution < 1.29 is 110 Å². The number of anilines is 3. The lowest BCUT2D eigenvalue weighted by atomic mass is 10.1. The molecule has 69 heavy (non-hydrogen) atoms. The Morgan fingerprint density at radius 2 is 0.406 bits per heavy atom. The minimum absolute atomic E-state index is 1.13. The van der Waals surface area contributed by atoms with Gasteiger partial charge in [-0.05, 0) is 0 Å². The number of rotatable bonds is 9. The van der Waals surface area contributed by atoms with E-state index in [4.69, 9.17) is 0 Å². The van der Waals surface area contributed by atoms with E-state index in [-0.39, 0.29) is 0 Å². The Morgan fingerprint density at radius 3 is 0.565 bits per heavy atom. The first kappa shape index (κ1) is 47.6. The highest BCUT2D eigenvalue weighted by molar-refractivity contribution is 6.23. The number of fused-ring (bicyclic) bond motifs is 6. The van der Waals surface area contributed by atoms with Crippen LogP contribution in [0.15, 0.2) is 0 Å². The number of aromatic carboxylic acids is 3. The summed E-state index contributed by atoms with van der Waals surface area (Å²) in [6, 6.07) is 0. The fourth-order valence-corrected chi connectivity index (χ4v) is 5.88. The van der Waals surface area contributed by atoms with Crippen LogP contribution in [0.2, 0.25) is 0 Å². The molecule has 0 atom stereocenters. The number of hydrogen-bond acceptors (Lipinski definition) is 12. The van der Waals surface area contributed by atoms with E-state index in [9.17, 15) is 110 Å². The fourth-order valence-electron chi connectivity index (χ4n) is 5.88. The average Bonchev–Trinajstić information content (AvgIpc) is 3.32. The Balaban J connectivity index is 1.58. The van der Waals surface area contributed by atoms with E-state index in [1.807, 2.05) is 0 Å². The predicted molar refractivity (Wildman–Crippen MR) is 189 cm³/mol. The summed E-state index contributed by atoms with van der Waals surface area (Å²) in [5.41, 5.74) is -25.0. The number of carbonyl (C=O) groups is 6. The summed E-state index contributed by atoms with van der Waals surface area (Å²) in [7, 11) is 0. The number of amides is 3. The van der Waals surface area contributed by atoms with E-state index >= 15 is 0 Å². The van der Waals surface area contributed by atoms with E-state index in [1.165, 1.54) is 0 Å². The monoisotopic (exact) mass is 993 g/mol. The Bertz CT molecular complexity index is 3140. The molecule has 4 aromatic carbocycles. The summed E-state index contributed by atoms with van der Waals surface area (Å²) in [4.78, 5) is 98.9. The largest absolute Gasteiger partial charge is 0.476 e. The Hall–Kier alpha value is -9.33. The number of halogens is 15. The molecule has 0 aliphatic heterocycles. The molecule has 7 aromatic rings. The number of hydrogen-bond donors (Lipinski definition) is 6. The first-order chi connectivity index (χ1) is 32.2. The lowest BCUT2D eigenvalue weighted by molar-refractivity contribution is 0.0677. The molecule has 0 bridgehead atoms. The Morgan fingerprint density at radius 1 is 0.261 bits per heavy atom. The molecule has 0 radical (unpaired) electrons. The SMILES string of the molecule is O=C(O)c1nc2c(nc1C(=O)Nc1c(F)c(F)c(F)c(F)c1F)c1nc(C(=O)O)c(C(=O)Nc3c(F)c(F)c(F)c(F)c3F)nc1c1nc(C(=O)O)c(C(=O)Nc3c(F)c(F)c(F)c(F)c3F)nc21. The van der Waals surface area contributed by atoms with Crippen molar-refractivity contribution in [2.45, 2.75) is 0 Å². The normalized spacial score (nSPS) is 11.3. The van der Waals surface area contributed by atoms with Crippen molar-refractivity contribution in [2.24, 2.45) is 0 Å². The lowest BCUT2D eigenvalue weighted by Gasteiger charge is -2.15. The van der Waals surface area contributed by atoms with Crippen LogP contribution in [0.3, 0.4) is 0 Å². The van der Waals surface area contributed by atoms with Crippen molar-refractivity contribution in [1.82, 2.24) is 29.9 Å². The van der Waals surface area contributed by atoms with Crippen molar-refractivity contribution in [2.75, 3.05) is 16.0 Å². The molecular weight excluding hydrogens is 987 g/mol. The quantitative estimate of drug-likeness (QED) is 0.0392. The molecule has 6 N–H and O–H groups in total. The standard InChI is InChI=1S/C36H6F15N9O9/c37-1-4(40)10(46)16(11(47)5(1)41)58-31(61)25-28(34(64)65)55-22-19(52-25)23-21(54-26(29(56-23)35(66)67)32(62)59-17-12(48)6(42)2(38)7(43)13(17)49)24-20(22)53-27(30(57-24)36(68)69)33(63)60-18-14(50)8(44)3(39)9(45)15(18)51/h(H,58,61)(H,59,62)(H,60,63)(H,64,65)(H,66,67)(H,68,69). The third-order valence-electron chi connectivity index (χ3n) is 8.96. The van der Waals surface area contributed by atoms with Crippen LogP contribution in [0.5, 0.6) is 0 Å². The van der Waals surface area contributed by atoms with Crippen molar-refractivity contribution in [3.05, 3.63) is 121 Å². The molecule has 7 rings (SSSR count). The van der Waals surface area contributed by atoms with Crippen LogP contribution in [0.4, 0.5) is 82.9 Å². The third-order valence-corrected chi connectivity index (χ3v) is 8.96. The predicted octanol–water partition coefficient (Wildman–Crippen LogP) is 6.45. The summed E-state index contributed by atoms with van der Waals surface area (Å²) < 4.78 is 213. The van der Waals surface area contributed by atoms with Crippen molar-refractivity contribution in [3.63, 3.8) is 0 Å². The van der Waals surface area contributed by atoms with Gasteiger partial charge in [0.15, 0.2) is 104 Å². The number of carboxylic acids is 3. The minimum atomic E-state index is -2.75. The molecule has 0 aliphatic rings. The number of carboxylic acid groups (broad SMARTS) is 3. The minimum Gasteiger partial charge on any atom is -0.476 e. The maximum atomic E-state index is 14.6. The molecule has 0 aliphatic carbocycles. The van der Waals surface area contributed by atoms with Gasteiger partial charge in [-0.15, -0.1) is 0 Å². The highest BCUT2D eigenvalue weighted by Gasteiger charge is 2.35. The van der Waals surface area contributed by atoms with Gasteiger partial charge in [0.05, 0.1) is 0 Å². The van der Waals surface area contributed by atoms with Gasteiger partial charge >= 0.3 is 17.9 Å². The lowest BCUT2D eigenvalue weighted by Crippen LogP contribution is -2.24. The summed E-state index contributed by atoms with van der Waals surface area (Å²) in [5, 5.41) is 33.4. The summed E-state index contributed by atoms with van der Waals surface area (Å²) in [6.07, 6.45) is 0. The number of benzene rings is 4. The van der Waals surface area contributed by atoms with Gasteiger partial charge in [-0.3, -0.25) is 14.4 Å². The van der Waals surface area contributed by atoms with Crippen LogP contribution >= 0.6 is 0 Å². The van der Waals surface area contributed by atoms with Gasteiger partial charge in [-0.2, -0.15) is 0 Å². The first-order valence-corrected chi connectivity index (χ1v) is 17.2. The Kier molecular flexibility index (Phi) is 11.6. The number of nitrogens with one attached hydrogen (secondary N) is 3. The fraction of sp³-hybridized carbons (Fsp3) is 0. The molecule has 3 aromatic heterocycles. The van der Waals surface area contributed by atoms with Crippen LogP contribution in [0.25, 0.3) is 33.1 Å². The number of aromatic nitrogens is 6. The topological polar surface area (TPSA) is 277 Å². The summed E-state index contributed by atoms with van der Waals surface area (Å²) in [6.45, 7) is 0. The van der Waals surface area contributed by atoms with E-state index in [0.717, 1.165) is 16.0 Å². The van der Waals surface area contributed by atoms with Crippen molar-refractivity contribution >= 4 is 85.8 Å². The molecule has 354 valence electrons. The first-order valence-electron chi connectivity index (χ1n) is 17.2. The molecule has 33 heteroatoms. The van der Waals surface area contributed by atoms with Crippen LogP contribution in [0, 0.1) is 87.3 Å². The zero-order valence-corrected chi connectivity index (χ0v) is 31.6. The number of carbonyl (C=O) groups excluding carboxylic acids is 3.